The molecule has 0 unspecified atom stereocenters. The summed E-state index contributed by atoms with van der Waals surface area (Å²) in [6.45, 7) is 8.80. The van der Waals surface area contributed by atoms with Crippen molar-refractivity contribution in [2.24, 2.45) is 17.6 Å². The predicted molar refractivity (Wildman–Crippen MR) is 195 cm³/mol. The molecule has 1 fully saturated rings. The number of nitrogens with two attached hydrogens (primary N) is 1. The third-order valence-electron chi connectivity index (χ3n) is 10.6. The van der Waals surface area contributed by atoms with Crippen LogP contribution < -0.4 is 11.1 Å². The molecule has 1 aromatic rings. The van der Waals surface area contributed by atoms with Gasteiger partial charge in [0.15, 0.2) is 11.4 Å². The van der Waals surface area contributed by atoms with Crippen molar-refractivity contribution in [2.75, 3.05) is 45.6 Å². The molecule has 2 amide bonds. The highest BCUT2D eigenvalue weighted by Gasteiger charge is 2.68. The van der Waals surface area contributed by atoms with Gasteiger partial charge in [-0.1, -0.05) is 51.5 Å². The Balaban J connectivity index is 1.47. The van der Waals surface area contributed by atoms with Gasteiger partial charge in [0.1, 0.15) is 22.8 Å². The van der Waals surface area contributed by atoms with E-state index < -0.39 is 88.7 Å². The maximum Gasteiger partial charge on any atom is 0.255 e. The number of phenolic OH excluding ortho intramolecular Hbond substituents is 1. The Morgan fingerprint density at radius 1 is 0.940 bits per heavy atom. The first-order valence-electron chi connectivity index (χ1n) is 17.6. The van der Waals surface area contributed by atoms with Crippen LogP contribution in [0.2, 0.25) is 0 Å². The van der Waals surface area contributed by atoms with Crippen molar-refractivity contribution >= 4 is 42.1 Å². The summed E-state index contributed by atoms with van der Waals surface area (Å²) < 4.78 is 0. The summed E-state index contributed by atoms with van der Waals surface area (Å²) >= 11 is 0. The summed E-state index contributed by atoms with van der Waals surface area (Å²) in [6, 6.07) is 1.64. The SMILES string of the molecule is C[C@H]1c2ccc(NC(=O)CCCCCCCCCCC[P+](C)(C)C)c(O)c2C(O)=C2C(=O)[C@]3(O)C(O)=C(C(N)=O)C(=O)[C@@H](N(C)C)[C@@H]3[C@@H](O)[C@@H]21. The van der Waals surface area contributed by atoms with Gasteiger partial charge in [0.05, 0.1) is 35.5 Å². The van der Waals surface area contributed by atoms with E-state index in [4.69, 9.17) is 5.73 Å². The first-order valence-corrected chi connectivity index (χ1v) is 21.0. The van der Waals surface area contributed by atoms with Crippen LogP contribution in [0.1, 0.15) is 88.2 Å². The lowest BCUT2D eigenvalue weighted by Crippen LogP contribution is -2.70. The zero-order chi connectivity index (χ0) is 37.3. The second-order valence-electron chi connectivity index (χ2n) is 15.5. The van der Waals surface area contributed by atoms with E-state index in [1.54, 1.807) is 13.0 Å². The van der Waals surface area contributed by atoms with Crippen LogP contribution in [-0.4, -0.2) is 112 Å². The number of hydrogen-bond acceptors (Lipinski definition) is 10. The molecule has 0 bridgehead atoms. The Morgan fingerprint density at radius 3 is 2.04 bits per heavy atom. The number of ketones is 2. The molecule has 0 saturated heterocycles. The van der Waals surface area contributed by atoms with Gasteiger partial charge < -0.3 is 36.6 Å². The van der Waals surface area contributed by atoms with Gasteiger partial charge in [-0.25, -0.2) is 0 Å². The summed E-state index contributed by atoms with van der Waals surface area (Å²) in [6.07, 6.45) is 9.94. The number of carbonyl (C=O) groups is 4. The Labute approximate surface area is 295 Å². The van der Waals surface area contributed by atoms with Crippen molar-refractivity contribution in [2.45, 2.75) is 94.8 Å². The van der Waals surface area contributed by atoms with E-state index in [1.807, 2.05) is 0 Å². The summed E-state index contributed by atoms with van der Waals surface area (Å²) in [5.41, 5.74) is 1.13. The fourth-order valence-corrected chi connectivity index (χ4v) is 9.21. The van der Waals surface area contributed by atoms with Crippen molar-refractivity contribution in [1.82, 2.24) is 4.90 Å². The number of primary amides is 1. The van der Waals surface area contributed by atoms with E-state index in [1.165, 1.54) is 63.3 Å². The number of rotatable bonds is 15. The second-order valence-corrected chi connectivity index (χ2v) is 20.5. The number of anilines is 1. The molecule has 1 saturated carbocycles. The van der Waals surface area contributed by atoms with E-state index in [0.717, 1.165) is 19.3 Å². The molecule has 0 radical (unpaired) electrons. The van der Waals surface area contributed by atoms with E-state index in [0.29, 0.717) is 12.0 Å². The Morgan fingerprint density at radius 2 is 1.50 bits per heavy atom. The standard InChI is InChI=1S/C37H54N3O9P/c1-20-21-17-18-22(39-23(41)16-14-12-10-8-7-9-11-13-15-19-50(4,5)6)30(42)25(21)31(43)26-24(20)32(44)28-29(40(2)3)33(45)27(36(38)48)35(47)37(28,49)34(26)46/h17-18,20,24,28-29,32,44,49H,7-16,19H2,1-6H3,(H5-,38,39,41,42,43,45,46,47,48)/p+1/t20-,24+,28+,29-,32-,37-/m0/s1. The average Bonchev–Trinajstić information content (AvgIpc) is 3.01. The molecule has 12 nitrogen and oxygen atoms in total. The Bertz CT molecular complexity index is 1580. The molecule has 3 aliphatic rings. The summed E-state index contributed by atoms with van der Waals surface area (Å²) in [5, 5.41) is 60.1. The topological polar surface area (TPSA) is 211 Å². The van der Waals surface area contributed by atoms with E-state index >= 15 is 0 Å². The molecule has 0 aliphatic heterocycles. The lowest BCUT2D eigenvalue weighted by molar-refractivity contribution is -0.169. The molecule has 1 aromatic carbocycles. The minimum absolute atomic E-state index is 0.00947. The van der Waals surface area contributed by atoms with Gasteiger partial charge in [-0.15, -0.1) is 0 Å². The number of unbranched alkanes of at least 4 members (excludes halogenated alkanes) is 8. The first kappa shape index (κ1) is 39.5. The van der Waals surface area contributed by atoms with Gasteiger partial charge in [-0.05, 0) is 50.9 Å². The third-order valence-corrected chi connectivity index (χ3v) is 12.3. The number of aliphatic hydroxyl groups excluding tert-OH is 3. The summed E-state index contributed by atoms with van der Waals surface area (Å²) in [4.78, 5) is 53.8. The number of Topliss-reactive ketones (excluding diaryl/α,β-unsaturated/α-hetero) is 2. The molecule has 3 aliphatic carbocycles. The molecule has 6 atom stereocenters. The van der Waals surface area contributed by atoms with Crippen LogP contribution in [0.3, 0.4) is 0 Å². The fraction of sp³-hybridized carbons (Fsp3) is 0.622. The van der Waals surface area contributed by atoms with Gasteiger partial charge in [-0.3, -0.25) is 24.1 Å². The van der Waals surface area contributed by atoms with Gasteiger partial charge in [0.2, 0.25) is 11.7 Å². The molecular weight excluding hydrogens is 661 g/mol. The molecule has 0 heterocycles. The quantitative estimate of drug-likeness (QED) is 0.0594. The highest BCUT2D eigenvalue weighted by Crippen LogP contribution is 2.56. The van der Waals surface area contributed by atoms with Crippen LogP contribution >= 0.6 is 7.26 Å². The number of nitrogens with one attached hydrogen (secondary N) is 1. The molecular formula is C37H55N3O9P+. The smallest absolute Gasteiger partial charge is 0.255 e. The maximum absolute atomic E-state index is 14.2. The zero-order valence-corrected chi connectivity index (χ0v) is 31.1. The summed E-state index contributed by atoms with van der Waals surface area (Å²) in [7, 11) is 2.23. The Hall–Kier alpha value is -3.31. The Kier molecular flexibility index (Phi) is 12.2. The van der Waals surface area contributed by atoms with Crippen LogP contribution in [0.15, 0.2) is 29.0 Å². The number of benzene rings is 1. The number of aromatic hydroxyl groups is 1. The van der Waals surface area contributed by atoms with Crippen molar-refractivity contribution in [1.29, 1.82) is 0 Å². The number of carbonyl (C=O) groups excluding carboxylic acids is 4. The van der Waals surface area contributed by atoms with Crippen LogP contribution in [0.5, 0.6) is 5.75 Å². The lowest BCUT2D eigenvalue weighted by Gasteiger charge is -2.53. The minimum Gasteiger partial charge on any atom is -0.508 e. The van der Waals surface area contributed by atoms with E-state index in [2.05, 4.69) is 25.3 Å². The number of hydrogen-bond donors (Lipinski definition) is 7. The first-order chi connectivity index (χ1) is 23.4. The number of amides is 2. The van der Waals surface area contributed by atoms with Gasteiger partial charge in [0.25, 0.3) is 5.91 Å². The third kappa shape index (κ3) is 7.49. The van der Waals surface area contributed by atoms with Crippen molar-refractivity contribution in [3.05, 3.63) is 40.2 Å². The predicted octanol–water partition coefficient (Wildman–Crippen LogP) is 4.24. The molecule has 50 heavy (non-hydrogen) atoms. The normalized spacial score (nSPS) is 26.5. The highest BCUT2D eigenvalue weighted by molar-refractivity contribution is 7.73. The van der Waals surface area contributed by atoms with Crippen LogP contribution in [0, 0.1) is 11.8 Å². The molecule has 0 aromatic heterocycles. The van der Waals surface area contributed by atoms with Crippen LogP contribution in [-0.2, 0) is 19.2 Å². The molecule has 13 heteroatoms. The average molecular weight is 717 g/mol. The molecule has 276 valence electrons. The van der Waals surface area contributed by atoms with Gasteiger partial charge in [-0.2, -0.15) is 0 Å². The van der Waals surface area contributed by atoms with Crippen molar-refractivity contribution < 1.29 is 44.7 Å². The lowest BCUT2D eigenvalue weighted by atomic mass is 9.54. The van der Waals surface area contributed by atoms with E-state index in [-0.39, 0.29) is 23.6 Å². The number of phenols is 1. The number of nitrogens with zero attached hydrogens (tertiary/aromatic N) is 1. The largest absolute Gasteiger partial charge is 0.508 e. The van der Waals surface area contributed by atoms with Crippen molar-refractivity contribution in [3.63, 3.8) is 0 Å². The number of fused-ring (bicyclic) bond motifs is 3. The van der Waals surface area contributed by atoms with Gasteiger partial charge >= 0.3 is 0 Å². The van der Waals surface area contributed by atoms with Crippen molar-refractivity contribution in [3.8, 4) is 5.75 Å². The van der Waals surface area contributed by atoms with Crippen LogP contribution in [0.4, 0.5) is 5.69 Å². The van der Waals surface area contributed by atoms with Gasteiger partial charge in [0, 0.05) is 45.2 Å². The fourth-order valence-electron chi connectivity index (χ4n) is 8.04. The maximum atomic E-state index is 14.2. The molecule has 0 spiro atoms. The number of likely N-dealkylation sites (N-methyl/N-ethyl adjacent to an activating group) is 1. The van der Waals surface area contributed by atoms with E-state index in [9.17, 15) is 44.7 Å². The molecule has 4 rings (SSSR count). The molecule has 8 N–H and O–H groups in total. The summed E-state index contributed by atoms with van der Waals surface area (Å²) in [5.74, 6) is -9.96. The second kappa shape index (κ2) is 15.5. The highest BCUT2D eigenvalue weighted by atomic mass is 31.2. The monoisotopic (exact) mass is 716 g/mol. The zero-order valence-electron chi connectivity index (χ0n) is 30.2. The van der Waals surface area contributed by atoms with Crippen LogP contribution in [0.25, 0.3) is 5.76 Å². The number of aliphatic hydroxyl groups is 4. The minimum atomic E-state index is -2.99.